The van der Waals surface area contributed by atoms with E-state index in [-0.39, 0.29) is 16.0 Å². The van der Waals surface area contributed by atoms with Crippen LogP contribution in [0.1, 0.15) is 19.8 Å². The first kappa shape index (κ1) is 16.2. The van der Waals surface area contributed by atoms with Gasteiger partial charge in [0.05, 0.1) is 5.02 Å². The molecule has 1 aliphatic rings. The molecule has 20 heavy (non-hydrogen) atoms. The Kier molecular flexibility index (Phi) is 5.48. The van der Waals surface area contributed by atoms with Crippen LogP contribution in [0.4, 0.5) is 0 Å². The van der Waals surface area contributed by atoms with Crippen LogP contribution in [0, 0.1) is 0 Å². The summed E-state index contributed by atoms with van der Waals surface area (Å²) in [6.07, 6.45) is 1.62. The SMILES string of the molecule is CCCN(C1CCNC1)S(=O)(=O)c1cc(Br)ccc1Cl. The van der Waals surface area contributed by atoms with Gasteiger partial charge in [-0.1, -0.05) is 34.5 Å². The summed E-state index contributed by atoms with van der Waals surface area (Å²) in [4.78, 5) is 0.175. The molecule has 0 spiro atoms. The molecular weight excluding hydrogens is 364 g/mol. The molecular formula is C13H18BrClN2O2S. The third-order valence-electron chi connectivity index (χ3n) is 3.37. The molecule has 7 heteroatoms. The predicted octanol–water partition coefficient (Wildman–Crippen LogP) is 2.87. The smallest absolute Gasteiger partial charge is 0.244 e. The minimum absolute atomic E-state index is 0.00926. The largest absolute Gasteiger partial charge is 0.315 e. The highest BCUT2D eigenvalue weighted by atomic mass is 79.9. The number of hydrogen-bond donors (Lipinski definition) is 1. The van der Waals surface area contributed by atoms with Crippen molar-refractivity contribution in [2.45, 2.75) is 30.7 Å². The summed E-state index contributed by atoms with van der Waals surface area (Å²) >= 11 is 9.40. The van der Waals surface area contributed by atoms with E-state index in [0.29, 0.717) is 17.6 Å². The molecule has 1 unspecified atom stereocenters. The van der Waals surface area contributed by atoms with E-state index >= 15 is 0 Å². The summed E-state index contributed by atoms with van der Waals surface area (Å²) in [6, 6.07) is 4.93. The zero-order chi connectivity index (χ0) is 14.8. The molecule has 0 radical (unpaired) electrons. The normalized spacial score (nSPS) is 19.7. The fourth-order valence-electron chi connectivity index (χ4n) is 2.41. The molecule has 0 aromatic heterocycles. The fourth-order valence-corrected chi connectivity index (χ4v) is 5.17. The van der Waals surface area contributed by atoms with Crippen molar-refractivity contribution in [1.82, 2.24) is 9.62 Å². The van der Waals surface area contributed by atoms with Crippen LogP contribution in [-0.4, -0.2) is 38.4 Å². The molecule has 1 heterocycles. The highest BCUT2D eigenvalue weighted by molar-refractivity contribution is 9.10. The van der Waals surface area contributed by atoms with Gasteiger partial charge in [0.2, 0.25) is 10.0 Å². The summed E-state index contributed by atoms with van der Waals surface area (Å²) in [5.41, 5.74) is 0. The van der Waals surface area contributed by atoms with Crippen LogP contribution in [-0.2, 0) is 10.0 Å². The van der Waals surface area contributed by atoms with E-state index in [4.69, 9.17) is 11.6 Å². The minimum atomic E-state index is -3.57. The van der Waals surface area contributed by atoms with Crippen molar-refractivity contribution < 1.29 is 8.42 Å². The average Bonchev–Trinajstić information content (AvgIpc) is 2.92. The van der Waals surface area contributed by atoms with E-state index in [1.807, 2.05) is 6.92 Å². The van der Waals surface area contributed by atoms with Crippen molar-refractivity contribution in [3.63, 3.8) is 0 Å². The second kappa shape index (κ2) is 6.75. The lowest BCUT2D eigenvalue weighted by molar-refractivity contribution is 0.335. The molecule has 112 valence electrons. The number of nitrogens with one attached hydrogen (secondary N) is 1. The lowest BCUT2D eigenvalue weighted by atomic mass is 10.2. The summed E-state index contributed by atoms with van der Waals surface area (Å²) in [5.74, 6) is 0. The topological polar surface area (TPSA) is 49.4 Å². The Morgan fingerprint density at radius 1 is 1.50 bits per heavy atom. The van der Waals surface area contributed by atoms with E-state index in [1.54, 1.807) is 22.5 Å². The molecule has 1 aliphatic heterocycles. The third-order valence-corrected chi connectivity index (χ3v) is 6.29. The molecule has 1 N–H and O–H groups in total. The molecule has 1 aromatic rings. The minimum Gasteiger partial charge on any atom is -0.315 e. The van der Waals surface area contributed by atoms with E-state index < -0.39 is 10.0 Å². The number of sulfonamides is 1. The maximum atomic E-state index is 12.9. The second-order valence-electron chi connectivity index (χ2n) is 4.84. The van der Waals surface area contributed by atoms with Gasteiger partial charge in [0, 0.05) is 23.6 Å². The first-order chi connectivity index (χ1) is 9.46. The number of halogens is 2. The Labute approximate surface area is 133 Å². The molecule has 2 rings (SSSR count). The van der Waals surface area contributed by atoms with Crippen molar-refractivity contribution >= 4 is 37.6 Å². The van der Waals surface area contributed by atoms with Crippen LogP contribution in [0.2, 0.25) is 5.02 Å². The Hall–Kier alpha value is -0.140. The second-order valence-corrected chi connectivity index (χ2v) is 8.02. The van der Waals surface area contributed by atoms with Gasteiger partial charge in [-0.2, -0.15) is 4.31 Å². The van der Waals surface area contributed by atoms with Crippen LogP contribution in [0.15, 0.2) is 27.6 Å². The molecule has 1 atom stereocenters. The number of hydrogen-bond acceptors (Lipinski definition) is 3. The zero-order valence-electron chi connectivity index (χ0n) is 11.3. The summed E-state index contributed by atoms with van der Waals surface area (Å²) in [6.45, 7) is 4.04. The highest BCUT2D eigenvalue weighted by Crippen LogP contribution is 2.29. The maximum absolute atomic E-state index is 12.9. The van der Waals surface area contributed by atoms with Gasteiger partial charge in [-0.05, 0) is 37.6 Å². The molecule has 1 aromatic carbocycles. The van der Waals surface area contributed by atoms with Crippen LogP contribution in [0.5, 0.6) is 0 Å². The van der Waals surface area contributed by atoms with Crippen LogP contribution in [0.25, 0.3) is 0 Å². The Morgan fingerprint density at radius 2 is 2.25 bits per heavy atom. The van der Waals surface area contributed by atoms with Crippen molar-refractivity contribution in [1.29, 1.82) is 0 Å². The molecule has 0 bridgehead atoms. The Balaban J connectivity index is 2.41. The third kappa shape index (κ3) is 3.36. The standard InChI is InChI=1S/C13H18BrClN2O2S/c1-2-7-17(11-5-6-16-9-11)20(18,19)13-8-10(14)3-4-12(13)15/h3-4,8,11,16H,2,5-7,9H2,1H3. The fraction of sp³-hybridized carbons (Fsp3) is 0.538. The van der Waals surface area contributed by atoms with E-state index in [0.717, 1.165) is 19.4 Å². The first-order valence-electron chi connectivity index (χ1n) is 6.64. The molecule has 1 saturated heterocycles. The molecule has 0 saturated carbocycles. The van der Waals surface area contributed by atoms with Crippen molar-refractivity contribution in [2.24, 2.45) is 0 Å². The quantitative estimate of drug-likeness (QED) is 0.853. The van der Waals surface area contributed by atoms with Gasteiger partial charge in [-0.3, -0.25) is 0 Å². The molecule has 0 aliphatic carbocycles. The van der Waals surface area contributed by atoms with Crippen molar-refractivity contribution in [3.05, 3.63) is 27.7 Å². The van der Waals surface area contributed by atoms with Gasteiger partial charge >= 0.3 is 0 Å². The average molecular weight is 382 g/mol. The van der Waals surface area contributed by atoms with E-state index in [1.165, 1.54) is 0 Å². The Bertz CT molecular complexity index is 574. The van der Waals surface area contributed by atoms with E-state index in [9.17, 15) is 8.42 Å². The number of rotatable bonds is 5. The molecule has 1 fully saturated rings. The molecule has 0 amide bonds. The highest BCUT2D eigenvalue weighted by Gasteiger charge is 2.33. The van der Waals surface area contributed by atoms with Crippen molar-refractivity contribution in [3.8, 4) is 0 Å². The monoisotopic (exact) mass is 380 g/mol. The van der Waals surface area contributed by atoms with Gasteiger partial charge in [0.15, 0.2) is 0 Å². The molecule has 4 nitrogen and oxygen atoms in total. The number of benzene rings is 1. The van der Waals surface area contributed by atoms with Crippen LogP contribution >= 0.6 is 27.5 Å². The van der Waals surface area contributed by atoms with Crippen LogP contribution in [0.3, 0.4) is 0 Å². The predicted molar refractivity (Wildman–Crippen MR) is 84.6 cm³/mol. The lowest BCUT2D eigenvalue weighted by Gasteiger charge is -2.27. The van der Waals surface area contributed by atoms with E-state index in [2.05, 4.69) is 21.2 Å². The Morgan fingerprint density at radius 3 is 2.85 bits per heavy atom. The van der Waals surface area contributed by atoms with Gasteiger partial charge in [-0.15, -0.1) is 0 Å². The van der Waals surface area contributed by atoms with Gasteiger partial charge < -0.3 is 5.32 Å². The maximum Gasteiger partial charge on any atom is 0.244 e. The first-order valence-corrected chi connectivity index (χ1v) is 9.25. The van der Waals surface area contributed by atoms with Gasteiger partial charge in [0.1, 0.15) is 4.90 Å². The van der Waals surface area contributed by atoms with Gasteiger partial charge in [0.25, 0.3) is 0 Å². The zero-order valence-corrected chi connectivity index (χ0v) is 14.4. The van der Waals surface area contributed by atoms with Crippen LogP contribution < -0.4 is 5.32 Å². The van der Waals surface area contributed by atoms with Crippen molar-refractivity contribution in [2.75, 3.05) is 19.6 Å². The summed E-state index contributed by atoms with van der Waals surface area (Å²) in [7, 11) is -3.57. The number of nitrogens with zero attached hydrogens (tertiary/aromatic N) is 1. The summed E-state index contributed by atoms with van der Waals surface area (Å²) in [5, 5.41) is 3.48. The lowest BCUT2D eigenvalue weighted by Crippen LogP contribution is -2.42. The summed E-state index contributed by atoms with van der Waals surface area (Å²) < 4.78 is 28.0. The van der Waals surface area contributed by atoms with Gasteiger partial charge in [-0.25, -0.2) is 8.42 Å².